The third-order valence-electron chi connectivity index (χ3n) is 4.57. The van der Waals surface area contributed by atoms with E-state index in [0.29, 0.717) is 33.8 Å². The van der Waals surface area contributed by atoms with Crippen molar-refractivity contribution in [1.82, 2.24) is 20.1 Å². The Hall–Kier alpha value is -2.84. The number of nitrogens with one attached hydrogen (secondary N) is 2. The van der Waals surface area contributed by atoms with E-state index in [0.717, 1.165) is 5.56 Å². The van der Waals surface area contributed by atoms with E-state index in [1.807, 2.05) is 37.5 Å². The fourth-order valence-electron chi connectivity index (χ4n) is 2.93. The van der Waals surface area contributed by atoms with Crippen LogP contribution in [0, 0.1) is 6.92 Å². The summed E-state index contributed by atoms with van der Waals surface area (Å²) in [5.74, 6) is 0.503. The Kier molecular flexibility index (Phi) is 7.70. The first kappa shape index (κ1) is 22.8. The number of thioether (sulfide) groups is 1. The summed E-state index contributed by atoms with van der Waals surface area (Å²) in [6, 6.07) is 14.0. The molecule has 2 amide bonds. The zero-order valence-electron chi connectivity index (χ0n) is 17.6. The van der Waals surface area contributed by atoms with E-state index in [4.69, 9.17) is 11.6 Å². The maximum Gasteiger partial charge on any atom is 0.251 e. The van der Waals surface area contributed by atoms with E-state index in [-0.39, 0.29) is 23.6 Å². The molecular weight excluding hydrogens is 434 g/mol. The SMILES string of the molecule is CCn1c(SCC(=O)Nc2ccc(Cl)cc2)nnc1[C@@H](C)NC(=O)c1ccc(C)cc1. The van der Waals surface area contributed by atoms with Crippen molar-refractivity contribution in [1.29, 1.82) is 0 Å². The first-order chi connectivity index (χ1) is 14.9. The summed E-state index contributed by atoms with van der Waals surface area (Å²) in [4.78, 5) is 24.8. The zero-order chi connectivity index (χ0) is 22.4. The third-order valence-corrected chi connectivity index (χ3v) is 5.79. The molecule has 1 aromatic heterocycles. The minimum Gasteiger partial charge on any atom is -0.342 e. The molecule has 0 fully saturated rings. The lowest BCUT2D eigenvalue weighted by Gasteiger charge is -2.15. The van der Waals surface area contributed by atoms with Gasteiger partial charge in [-0.25, -0.2) is 0 Å². The average Bonchev–Trinajstić information content (AvgIpc) is 3.17. The molecule has 0 saturated carbocycles. The highest BCUT2D eigenvalue weighted by Crippen LogP contribution is 2.21. The van der Waals surface area contributed by atoms with Crippen molar-refractivity contribution in [2.24, 2.45) is 0 Å². The number of benzene rings is 2. The van der Waals surface area contributed by atoms with Gasteiger partial charge < -0.3 is 15.2 Å². The summed E-state index contributed by atoms with van der Waals surface area (Å²) in [6.45, 7) is 6.43. The predicted molar refractivity (Wildman–Crippen MR) is 124 cm³/mol. The van der Waals surface area contributed by atoms with Crippen LogP contribution < -0.4 is 10.6 Å². The van der Waals surface area contributed by atoms with E-state index in [1.165, 1.54) is 11.8 Å². The second kappa shape index (κ2) is 10.5. The largest absolute Gasteiger partial charge is 0.342 e. The molecule has 0 spiro atoms. The molecule has 0 aliphatic heterocycles. The van der Waals surface area contributed by atoms with Crippen molar-refractivity contribution in [2.75, 3.05) is 11.1 Å². The maximum atomic E-state index is 12.5. The lowest BCUT2D eigenvalue weighted by atomic mass is 10.1. The molecule has 0 bridgehead atoms. The fourth-order valence-corrected chi connectivity index (χ4v) is 3.87. The van der Waals surface area contributed by atoms with Gasteiger partial charge in [-0.3, -0.25) is 9.59 Å². The van der Waals surface area contributed by atoms with Crippen molar-refractivity contribution in [3.63, 3.8) is 0 Å². The lowest BCUT2D eigenvalue weighted by molar-refractivity contribution is -0.113. The van der Waals surface area contributed by atoms with Gasteiger partial charge in [-0.05, 0) is 57.2 Å². The number of aryl methyl sites for hydroxylation is 1. The molecule has 0 aliphatic rings. The topological polar surface area (TPSA) is 88.9 Å². The Morgan fingerprint density at radius 3 is 2.42 bits per heavy atom. The number of carbonyl (C=O) groups excluding carboxylic acids is 2. The standard InChI is InChI=1S/C22H24ClN5O2S/c1-4-28-20(15(3)24-21(30)16-7-5-14(2)6-8-16)26-27-22(28)31-13-19(29)25-18-11-9-17(23)10-12-18/h5-12,15H,4,13H2,1-3H3,(H,24,30)(H,25,29)/t15-/m1/s1. The highest BCUT2D eigenvalue weighted by molar-refractivity contribution is 7.99. The van der Waals surface area contributed by atoms with Crippen molar-refractivity contribution in [3.05, 3.63) is 70.5 Å². The van der Waals surface area contributed by atoms with Gasteiger partial charge in [-0.15, -0.1) is 10.2 Å². The quantitative estimate of drug-likeness (QED) is 0.487. The number of nitrogens with zero attached hydrogens (tertiary/aromatic N) is 3. The van der Waals surface area contributed by atoms with Crippen molar-refractivity contribution in [2.45, 2.75) is 38.5 Å². The molecule has 1 atom stereocenters. The molecule has 2 aromatic carbocycles. The molecule has 3 aromatic rings. The average molecular weight is 458 g/mol. The molecule has 3 rings (SSSR count). The summed E-state index contributed by atoms with van der Waals surface area (Å²) >= 11 is 7.16. The van der Waals surface area contributed by atoms with E-state index < -0.39 is 0 Å². The Morgan fingerprint density at radius 1 is 1.10 bits per heavy atom. The zero-order valence-corrected chi connectivity index (χ0v) is 19.1. The van der Waals surface area contributed by atoms with E-state index in [2.05, 4.69) is 20.8 Å². The lowest BCUT2D eigenvalue weighted by Crippen LogP contribution is -2.28. The monoisotopic (exact) mass is 457 g/mol. The van der Waals surface area contributed by atoms with Gasteiger partial charge in [0.05, 0.1) is 11.8 Å². The molecule has 0 aliphatic carbocycles. The van der Waals surface area contributed by atoms with Crippen LogP contribution in [-0.4, -0.2) is 32.3 Å². The highest BCUT2D eigenvalue weighted by Gasteiger charge is 2.20. The van der Waals surface area contributed by atoms with Gasteiger partial charge in [0.1, 0.15) is 0 Å². The highest BCUT2D eigenvalue weighted by atomic mass is 35.5. The molecule has 0 radical (unpaired) electrons. The molecule has 1 heterocycles. The number of hydrogen-bond donors (Lipinski definition) is 2. The molecule has 0 unspecified atom stereocenters. The van der Waals surface area contributed by atoms with Crippen LogP contribution in [0.1, 0.15) is 41.6 Å². The Bertz CT molecular complexity index is 1050. The van der Waals surface area contributed by atoms with Gasteiger partial charge in [0, 0.05) is 22.8 Å². The minimum atomic E-state index is -0.335. The number of hydrogen-bond acceptors (Lipinski definition) is 5. The summed E-state index contributed by atoms with van der Waals surface area (Å²) in [5, 5.41) is 15.5. The summed E-state index contributed by atoms with van der Waals surface area (Å²) in [5.41, 5.74) is 2.37. The van der Waals surface area contributed by atoms with Crippen LogP contribution in [0.3, 0.4) is 0 Å². The number of carbonyl (C=O) groups is 2. The summed E-state index contributed by atoms with van der Waals surface area (Å²) in [6.07, 6.45) is 0. The number of amides is 2. The molecule has 162 valence electrons. The number of halogens is 1. The number of aromatic nitrogens is 3. The Morgan fingerprint density at radius 2 is 1.77 bits per heavy atom. The second-order valence-corrected chi connectivity index (χ2v) is 8.37. The number of anilines is 1. The van der Waals surface area contributed by atoms with Crippen LogP contribution in [0.5, 0.6) is 0 Å². The predicted octanol–water partition coefficient (Wildman–Crippen LogP) is 4.48. The van der Waals surface area contributed by atoms with E-state index in [1.54, 1.807) is 36.4 Å². The van der Waals surface area contributed by atoms with Crippen LogP contribution in [0.4, 0.5) is 5.69 Å². The van der Waals surface area contributed by atoms with Crippen LogP contribution >= 0.6 is 23.4 Å². The minimum absolute atomic E-state index is 0.153. The van der Waals surface area contributed by atoms with Crippen LogP contribution in [-0.2, 0) is 11.3 Å². The van der Waals surface area contributed by atoms with Crippen molar-refractivity contribution >= 4 is 40.9 Å². The Balaban J connectivity index is 1.61. The van der Waals surface area contributed by atoms with Crippen LogP contribution in [0.2, 0.25) is 5.02 Å². The molecule has 2 N–H and O–H groups in total. The summed E-state index contributed by atoms with van der Waals surface area (Å²) < 4.78 is 1.90. The van der Waals surface area contributed by atoms with Crippen LogP contribution in [0.15, 0.2) is 53.7 Å². The van der Waals surface area contributed by atoms with Gasteiger partial charge in [0.2, 0.25) is 5.91 Å². The normalized spacial score (nSPS) is 11.7. The van der Waals surface area contributed by atoms with Gasteiger partial charge in [-0.2, -0.15) is 0 Å². The fraction of sp³-hybridized carbons (Fsp3) is 0.273. The molecule has 9 heteroatoms. The van der Waals surface area contributed by atoms with Gasteiger partial charge in [-0.1, -0.05) is 41.1 Å². The summed E-state index contributed by atoms with van der Waals surface area (Å²) in [7, 11) is 0. The number of rotatable bonds is 8. The van der Waals surface area contributed by atoms with Crippen LogP contribution in [0.25, 0.3) is 0 Å². The van der Waals surface area contributed by atoms with Gasteiger partial charge >= 0.3 is 0 Å². The van der Waals surface area contributed by atoms with Gasteiger partial charge in [0.25, 0.3) is 5.91 Å². The van der Waals surface area contributed by atoms with E-state index in [9.17, 15) is 9.59 Å². The Labute approximate surface area is 190 Å². The maximum absolute atomic E-state index is 12.5. The molecular formula is C22H24ClN5O2S. The van der Waals surface area contributed by atoms with E-state index >= 15 is 0 Å². The molecule has 31 heavy (non-hydrogen) atoms. The first-order valence-corrected chi connectivity index (χ1v) is 11.2. The molecule has 7 nitrogen and oxygen atoms in total. The molecule has 0 saturated heterocycles. The van der Waals surface area contributed by atoms with Gasteiger partial charge in [0.15, 0.2) is 11.0 Å². The third kappa shape index (κ3) is 6.08. The smallest absolute Gasteiger partial charge is 0.251 e. The van der Waals surface area contributed by atoms with Crippen molar-refractivity contribution in [3.8, 4) is 0 Å². The second-order valence-electron chi connectivity index (χ2n) is 6.99. The first-order valence-electron chi connectivity index (χ1n) is 9.86. The van der Waals surface area contributed by atoms with Crippen molar-refractivity contribution < 1.29 is 9.59 Å².